The zero-order chi connectivity index (χ0) is 21.8. The van der Waals surface area contributed by atoms with Crippen molar-refractivity contribution < 1.29 is 28.7 Å². The summed E-state index contributed by atoms with van der Waals surface area (Å²) in [6, 6.07) is 6.47. The van der Waals surface area contributed by atoms with Gasteiger partial charge in [-0.2, -0.15) is 0 Å². The van der Waals surface area contributed by atoms with Crippen LogP contribution in [-0.2, 0) is 23.9 Å². The largest absolute Gasteiger partial charge is 0.462 e. The van der Waals surface area contributed by atoms with E-state index in [9.17, 15) is 19.2 Å². The predicted molar refractivity (Wildman–Crippen MR) is 111 cm³/mol. The topological polar surface area (TPSA) is 111 Å². The molecule has 30 heavy (non-hydrogen) atoms. The molecule has 1 saturated carbocycles. The van der Waals surface area contributed by atoms with E-state index in [0.717, 1.165) is 25.7 Å². The van der Waals surface area contributed by atoms with Gasteiger partial charge in [-0.25, -0.2) is 4.79 Å². The molecule has 1 aliphatic carbocycles. The van der Waals surface area contributed by atoms with Gasteiger partial charge in [0.2, 0.25) is 5.91 Å². The van der Waals surface area contributed by atoms with Crippen molar-refractivity contribution in [2.75, 3.05) is 18.5 Å². The van der Waals surface area contributed by atoms with Crippen LogP contribution in [0.3, 0.4) is 0 Å². The lowest BCUT2D eigenvalue weighted by molar-refractivity contribution is -0.147. The lowest BCUT2D eigenvalue weighted by atomic mass is 9.95. The van der Waals surface area contributed by atoms with Crippen molar-refractivity contribution in [1.29, 1.82) is 0 Å². The summed E-state index contributed by atoms with van der Waals surface area (Å²) in [6.07, 6.45) is 6.30. The minimum Gasteiger partial charge on any atom is -0.462 e. The van der Waals surface area contributed by atoms with Gasteiger partial charge >= 0.3 is 11.9 Å². The van der Waals surface area contributed by atoms with E-state index >= 15 is 0 Å². The number of hydrogen-bond donors (Lipinski definition) is 2. The van der Waals surface area contributed by atoms with E-state index in [1.807, 2.05) is 0 Å². The number of carbonyl (C=O) groups is 4. The molecule has 1 aliphatic rings. The Morgan fingerprint density at radius 2 is 1.63 bits per heavy atom. The van der Waals surface area contributed by atoms with Crippen molar-refractivity contribution in [2.24, 2.45) is 0 Å². The molecule has 8 nitrogen and oxygen atoms in total. The summed E-state index contributed by atoms with van der Waals surface area (Å²) < 4.78 is 9.83. The molecule has 2 N–H and O–H groups in total. The van der Waals surface area contributed by atoms with Gasteiger partial charge in [0.1, 0.15) is 0 Å². The summed E-state index contributed by atoms with van der Waals surface area (Å²) in [5.41, 5.74) is 0.859. The Labute approximate surface area is 176 Å². The van der Waals surface area contributed by atoms with Gasteiger partial charge < -0.3 is 20.1 Å². The number of anilines is 1. The van der Waals surface area contributed by atoms with Crippen LogP contribution >= 0.6 is 0 Å². The van der Waals surface area contributed by atoms with Crippen LogP contribution in [0.4, 0.5) is 5.69 Å². The van der Waals surface area contributed by atoms with Crippen molar-refractivity contribution in [1.82, 2.24) is 5.32 Å². The van der Waals surface area contributed by atoms with Crippen LogP contribution in [0.1, 0.15) is 68.6 Å². The molecular weight excluding hydrogens is 388 g/mol. The van der Waals surface area contributed by atoms with Crippen LogP contribution in [0.25, 0.3) is 0 Å². The number of hydrogen-bond acceptors (Lipinski definition) is 6. The molecule has 8 heteroatoms. The maximum Gasteiger partial charge on any atom is 0.338 e. The fourth-order valence-electron chi connectivity index (χ4n) is 3.26. The van der Waals surface area contributed by atoms with Crippen molar-refractivity contribution in [3.8, 4) is 0 Å². The highest BCUT2D eigenvalue weighted by atomic mass is 16.5. The molecule has 1 fully saturated rings. The molecule has 1 aromatic rings. The van der Waals surface area contributed by atoms with Gasteiger partial charge in [-0.05, 0) is 50.5 Å². The van der Waals surface area contributed by atoms with Crippen LogP contribution in [-0.4, -0.2) is 43.0 Å². The minimum absolute atomic E-state index is 0.0429. The average molecular weight is 418 g/mol. The number of esters is 2. The smallest absolute Gasteiger partial charge is 0.338 e. The lowest BCUT2D eigenvalue weighted by Crippen LogP contribution is -2.36. The molecule has 0 spiro atoms. The fourth-order valence-corrected chi connectivity index (χ4v) is 3.26. The quantitative estimate of drug-likeness (QED) is 0.565. The number of rotatable bonds is 10. The van der Waals surface area contributed by atoms with Gasteiger partial charge in [0.05, 0.1) is 12.2 Å². The molecule has 2 rings (SSSR count). The molecule has 0 bridgehead atoms. The third kappa shape index (κ3) is 8.63. The molecule has 0 saturated heterocycles. The standard InChI is InChI=1S/C22H30N2O6/c1-2-29-22(28)16-11-13-18(14-12-16)24-20(26)15-30-21(27)10-6-9-19(25)23-17-7-4-3-5-8-17/h11-14,17H,2-10,15H2,1H3,(H,23,25)(H,24,26). The maximum atomic E-state index is 11.9. The molecule has 0 aliphatic heterocycles. The van der Waals surface area contributed by atoms with E-state index in [1.165, 1.54) is 18.6 Å². The van der Waals surface area contributed by atoms with Gasteiger partial charge in [0.25, 0.3) is 5.91 Å². The van der Waals surface area contributed by atoms with Crippen molar-refractivity contribution in [2.45, 2.75) is 64.3 Å². The Balaban J connectivity index is 1.60. The first-order valence-corrected chi connectivity index (χ1v) is 10.5. The van der Waals surface area contributed by atoms with Gasteiger partial charge in [0.15, 0.2) is 6.61 Å². The third-order valence-corrected chi connectivity index (χ3v) is 4.80. The Morgan fingerprint density at radius 3 is 2.30 bits per heavy atom. The van der Waals surface area contributed by atoms with Crippen LogP contribution < -0.4 is 10.6 Å². The molecule has 1 aromatic carbocycles. The molecule has 164 valence electrons. The van der Waals surface area contributed by atoms with Gasteiger partial charge in [0, 0.05) is 24.6 Å². The SMILES string of the molecule is CCOC(=O)c1ccc(NC(=O)COC(=O)CCCC(=O)NC2CCCCC2)cc1. The van der Waals surface area contributed by atoms with E-state index in [1.54, 1.807) is 19.1 Å². The van der Waals surface area contributed by atoms with Gasteiger partial charge in [-0.3, -0.25) is 14.4 Å². The minimum atomic E-state index is -0.520. The maximum absolute atomic E-state index is 11.9. The summed E-state index contributed by atoms with van der Waals surface area (Å²) in [7, 11) is 0. The molecule has 0 atom stereocenters. The normalized spacial score (nSPS) is 13.9. The third-order valence-electron chi connectivity index (χ3n) is 4.80. The number of benzene rings is 1. The molecule has 0 aromatic heterocycles. The molecule has 0 radical (unpaired) electrons. The predicted octanol–water partition coefficient (Wildman–Crippen LogP) is 2.96. The first-order chi connectivity index (χ1) is 14.5. The molecular formula is C22H30N2O6. The van der Waals surface area contributed by atoms with Crippen molar-refractivity contribution in [3.05, 3.63) is 29.8 Å². The first kappa shape index (κ1) is 23.4. The molecule has 0 heterocycles. The monoisotopic (exact) mass is 418 g/mol. The Bertz CT molecular complexity index is 726. The molecule has 0 unspecified atom stereocenters. The van der Waals surface area contributed by atoms with Crippen LogP contribution in [0.5, 0.6) is 0 Å². The van der Waals surface area contributed by atoms with Gasteiger partial charge in [-0.1, -0.05) is 19.3 Å². The summed E-state index contributed by atoms with van der Waals surface area (Å²) in [6.45, 7) is 1.60. The summed E-state index contributed by atoms with van der Waals surface area (Å²) >= 11 is 0. The van der Waals surface area contributed by atoms with E-state index in [4.69, 9.17) is 9.47 Å². The van der Waals surface area contributed by atoms with E-state index in [-0.39, 0.29) is 31.4 Å². The second-order valence-corrected chi connectivity index (χ2v) is 7.26. The van der Waals surface area contributed by atoms with E-state index < -0.39 is 24.5 Å². The average Bonchev–Trinajstić information content (AvgIpc) is 2.73. The number of carbonyl (C=O) groups excluding carboxylic acids is 4. The Hall–Kier alpha value is -2.90. The lowest BCUT2D eigenvalue weighted by Gasteiger charge is -2.22. The van der Waals surface area contributed by atoms with Gasteiger partial charge in [-0.15, -0.1) is 0 Å². The zero-order valence-electron chi connectivity index (χ0n) is 17.4. The highest BCUT2D eigenvalue weighted by Crippen LogP contribution is 2.17. The second-order valence-electron chi connectivity index (χ2n) is 7.26. The van der Waals surface area contributed by atoms with Crippen molar-refractivity contribution in [3.63, 3.8) is 0 Å². The number of nitrogens with one attached hydrogen (secondary N) is 2. The number of ether oxygens (including phenoxy) is 2. The highest BCUT2D eigenvalue weighted by molar-refractivity contribution is 5.94. The molecule has 2 amide bonds. The Morgan fingerprint density at radius 1 is 0.933 bits per heavy atom. The van der Waals surface area contributed by atoms with Crippen molar-refractivity contribution >= 4 is 29.4 Å². The van der Waals surface area contributed by atoms with Crippen LogP contribution in [0, 0.1) is 0 Å². The van der Waals surface area contributed by atoms with Crippen LogP contribution in [0.2, 0.25) is 0 Å². The van der Waals surface area contributed by atoms with E-state index in [2.05, 4.69) is 10.6 Å². The fraction of sp³-hybridized carbons (Fsp3) is 0.545. The first-order valence-electron chi connectivity index (χ1n) is 10.5. The highest BCUT2D eigenvalue weighted by Gasteiger charge is 2.16. The zero-order valence-corrected chi connectivity index (χ0v) is 17.4. The van der Waals surface area contributed by atoms with E-state index in [0.29, 0.717) is 17.7 Å². The Kier molecular flexibility index (Phi) is 9.83. The summed E-state index contributed by atoms with van der Waals surface area (Å²) in [5.74, 6) is -1.48. The summed E-state index contributed by atoms with van der Waals surface area (Å²) in [5, 5.41) is 5.59. The number of amides is 2. The van der Waals surface area contributed by atoms with Crippen LogP contribution in [0.15, 0.2) is 24.3 Å². The second kappa shape index (κ2) is 12.6. The summed E-state index contributed by atoms with van der Waals surface area (Å²) in [4.78, 5) is 47.2.